The van der Waals surface area contributed by atoms with Gasteiger partial charge in [-0.3, -0.25) is 4.79 Å². The summed E-state index contributed by atoms with van der Waals surface area (Å²) in [7, 11) is 0. The van der Waals surface area contributed by atoms with Gasteiger partial charge in [-0.1, -0.05) is 5.16 Å². The van der Waals surface area contributed by atoms with E-state index in [-0.39, 0.29) is 18.0 Å². The quantitative estimate of drug-likeness (QED) is 0.883. The summed E-state index contributed by atoms with van der Waals surface area (Å²) in [4.78, 5) is 16.0. The number of halogens is 2. The van der Waals surface area contributed by atoms with Crippen molar-refractivity contribution in [3.8, 4) is 0 Å². The molecule has 2 heterocycles. The number of pyridine rings is 1. The SMILES string of the molecule is Cl.NC1(c2noc(CCn3cc(Br)ccc3=O)n2)CCC1. The minimum atomic E-state index is -0.408. The fourth-order valence-corrected chi connectivity index (χ4v) is 2.61. The summed E-state index contributed by atoms with van der Waals surface area (Å²) in [6, 6.07) is 3.24. The predicted molar refractivity (Wildman–Crippen MR) is 83.4 cm³/mol. The molecular weight excluding hydrogens is 360 g/mol. The Morgan fingerprint density at radius 2 is 2.19 bits per heavy atom. The zero-order valence-corrected chi connectivity index (χ0v) is 13.7. The highest BCUT2D eigenvalue weighted by atomic mass is 79.9. The lowest BCUT2D eigenvalue weighted by Crippen LogP contribution is -2.44. The van der Waals surface area contributed by atoms with Crippen molar-refractivity contribution in [2.24, 2.45) is 5.73 Å². The van der Waals surface area contributed by atoms with Crippen LogP contribution in [0.2, 0.25) is 0 Å². The second kappa shape index (κ2) is 6.29. The molecule has 2 aromatic heterocycles. The van der Waals surface area contributed by atoms with Crippen LogP contribution in [0.3, 0.4) is 0 Å². The highest BCUT2D eigenvalue weighted by molar-refractivity contribution is 9.10. The van der Waals surface area contributed by atoms with Gasteiger partial charge in [-0.15, -0.1) is 12.4 Å². The van der Waals surface area contributed by atoms with Crippen molar-refractivity contribution >= 4 is 28.3 Å². The van der Waals surface area contributed by atoms with Gasteiger partial charge in [-0.25, -0.2) is 0 Å². The van der Waals surface area contributed by atoms with Crippen LogP contribution in [0.4, 0.5) is 0 Å². The number of aryl methyl sites for hydroxylation is 2. The molecule has 21 heavy (non-hydrogen) atoms. The van der Waals surface area contributed by atoms with E-state index < -0.39 is 5.54 Å². The number of aromatic nitrogens is 3. The highest BCUT2D eigenvalue weighted by Crippen LogP contribution is 2.36. The van der Waals surface area contributed by atoms with Gasteiger partial charge < -0.3 is 14.8 Å². The van der Waals surface area contributed by atoms with E-state index in [4.69, 9.17) is 10.3 Å². The summed E-state index contributed by atoms with van der Waals surface area (Å²) < 4.78 is 7.68. The first kappa shape index (κ1) is 16.2. The maximum absolute atomic E-state index is 11.7. The van der Waals surface area contributed by atoms with Crippen LogP contribution < -0.4 is 11.3 Å². The second-order valence-corrected chi connectivity index (χ2v) is 6.07. The maximum atomic E-state index is 11.7. The van der Waals surface area contributed by atoms with Crippen LogP contribution in [-0.4, -0.2) is 14.7 Å². The van der Waals surface area contributed by atoms with Crippen LogP contribution in [0.1, 0.15) is 31.0 Å². The first-order chi connectivity index (χ1) is 9.57. The van der Waals surface area contributed by atoms with Gasteiger partial charge >= 0.3 is 0 Å². The Hall–Kier alpha value is -1.18. The fraction of sp³-hybridized carbons (Fsp3) is 0.462. The molecule has 0 spiro atoms. The van der Waals surface area contributed by atoms with Gasteiger partial charge in [0.05, 0.1) is 5.54 Å². The maximum Gasteiger partial charge on any atom is 0.250 e. The molecule has 6 nitrogen and oxygen atoms in total. The van der Waals surface area contributed by atoms with Crippen LogP contribution in [0, 0.1) is 0 Å². The molecule has 0 unspecified atom stereocenters. The molecule has 1 saturated carbocycles. The number of nitrogens with two attached hydrogens (primary N) is 1. The van der Waals surface area contributed by atoms with Crippen LogP contribution in [-0.2, 0) is 18.5 Å². The van der Waals surface area contributed by atoms with Crippen LogP contribution in [0.15, 0.2) is 32.1 Å². The second-order valence-electron chi connectivity index (χ2n) is 5.15. The van der Waals surface area contributed by atoms with Crippen molar-refractivity contribution in [1.29, 1.82) is 0 Å². The smallest absolute Gasteiger partial charge is 0.250 e. The molecule has 0 saturated heterocycles. The van der Waals surface area contributed by atoms with E-state index in [0.29, 0.717) is 24.7 Å². The van der Waals surface area contributed by atoms with Gasteiger partial charge in [0.2, 0.25) is 5.89 Å². The van der Waals surface area contributed by atoms with E-state index in [9.17, 15) is 4.79 Å². The Morgan fingerprint density at radius 3 is 2.86 bits per heavy atom. The van der Waals surface area contributed by atoms with E-state index in [0.717, 1.165) is 23.7 Å². The lowest BCUT2D eigenvalue weighted by Gasteiger charge is -2.34. The summed E-state index contributed by atoms with van der Waals surface area (Å²) in [5.74, 6) is 1.10. The Kier molecular flexibility index (Phi) is 4.85. The number of hydrogen-bond donors (Lipinski definition) is 1. The van der Waals surface area contributed by atoms with Crippen LogP contribution >= 0.6 is 28.3 Å². The summed E-state index contributed by atoms with van der Waals surface area (Å²) in [6.45, 7) is 0.497. The molecule has 0 bridgehead atoms. The van der Waals surface area contributed by atoms with Crippen LogP contribution in [0.25, 0.3) is 0 Å². The van der Waals surface area contributed by atoms with Crippen molar-refractivity contribution < 1.29 is 4.52 Å². The monoisotopic (exact) mass is 374 g/mol. The fourth-order valence-electron chi connectivity index (χ4n) is 2.23. The van der Waals surface area contributed by atoms with Gasteiger partial charge in [0.1, 0.15) is 0 Å². The standard InChI is InChI=1S/C13H15BrN4O2.ClH/c14-9-2-3-11(19)18(8-9)7-4-10-16-12(17-20-10)13(15)5-1-6-13;/h2-3,8H,1,4-7,15H2;1H. The van der Waals surface area contributed by atoms with Crippen molar-refractivity contribution in [1.82, 2.24) is 14.7 Å². The largest absolute Gasteiger partial charge is 0.339 e. The lowest BCUT2D eigenvalue weighted by molar-refractivity contribution is 0.229. The Morgan fingerprint density at radius 1 is 1.43 bits per heavy atom. The van der Waals surface area contributed by atoms with E-state index in [2.05, 4.69) is 26.1 Å². The minimum absolute atomic E-state index is 0. The first-order valence-electron chi connectivity index (χ1n) is 6.55. The molecule has 1 aliphatic carbocycles. The molecule has 0 aliphatic heterocycles. The topological polar surface area (TPSA) is 86.9 Å². The minimum Gasteiger partial charge on any atom is -0.339 e. The third kappa shape index (κ3) is 3.36. The zero-order valence-electron chi connectivity index (χ0n) is 11.3. The molecule has 8 heteroatoms. The van der Waals surface area contributed by atoms with E-state index in [1.54, 1.807) is 16.8 Å². The molecule has 3 rings (SSSR count). The third-order valence-electron chi connectivity index (χ3n) is 3.67. The van der Waals surface area contributed by atoms with Gasteiger partial charge in [-0.05, 0) is 41.3 Å². The van der Waals surface area contributed by atoms with Crippen molar-refractivity contribution in [2.75, 3.05) is 0 Å². The summed E-state index contributed by atoms with van der Waals surface area (Å²) >= 11 is 3.34. The average molecular weight is 376 g/mol. The first-order valence-corrected chi connectivity index (χ1v) is 7.34. The summed E-state index contributed by atoms with van der Waals surface area (Å²) in [5, 5.41) is 3.95. The normalized spacial score (nSPS) is 16.1. The van der Waals surface area contributed by atoms with E-state index >= 15 is 0 Å². The van der Waals surface area contributed by atoms with Crippen molar-refractivity contribution in [3.05, 3.63) is 44.9 Å². The average Bonchev–Trinajstić information content (AvgIpc) is 2.86. The molecule has 1 aliphatic rings. The molecule has 0 atom stereocenters. The van der Waals surface area contributed by atoms with Gasteiger partial charge in [0, 0.05) is 29.7 Å². The molecule has 2 N–H and O–H groups in total. The summed E-state index contributed by atoms with van der Waals surface area (Å²) in [5.41, 5.74) is 5.68. The molecule has 0 amide bonds. The Labute approximate surface area is 136 Å². The van der Waals surface area contributed by atoms with Crippen molar-refractivity contribution in [2.45, 2.75) is 37.8 Å². The predicted octanol–water partition coefficient (Wildman–Crippen LogP) is 2.00. The van der Waals surface area contributed by atoms with E-state index in [1.807, 2.05) is 0 Å². The lowest BCUT2D eigenvalue weighted by atomic mass is 9.77. The number of nitrogens with zero attached hydrogens (tertiary/aromatic N) is 3. The third-order valence-corrected chi connectivity index (χ3v) is 4.14. The van der Waals surface area contributed by atoms with Crippen molar-refractivity contribution in [3.63, 3.8) is 0 Å². The number of rotatable bonds is 4. The Balaban J connectivity index is 0.00000161. The molecule has 1 fully saturated rings. The molecule has 0 aromatic carbocycles. The molecule has 114 valence electrons. The molecule has 2 aromatic rings. The highest BCUT2D eigenvalue weighted by Gasteiger charge is 2.38. The summed E-state index contributed by atoms with van der Waals surface area (Å²) in [6.07, 6.45) is 5.16. The molecular formula is C13H16BrClN4O2. The van der Waals surface area contributed by atoms with Gasteiger partial charge in [-0.2, -0.15) is 4.98 Å². The molecule has 0 radical (unpaired) electrons. The zero-order chi connectivity index (χ0) is 14.2. The van der Waals surface area contributed by atoms with Gasteiger partial charge in [0.15, 0.2) is 5.82 Å². The number of hydrogen-bond acceptors (Lipinski definition) is 5. The Bertz CT molecular complexity index is 681. The van der Waals surface area contributed by atoms with Gasteiger partial charge in [0.25, 0.3) is 5.56 Å². The van der Waals surface area contributed by atoms with Crippen LogP contribution in [0.5, 0.6) is 0 Å². The van der Waals surface area contributed by atoms with E-state index in [1.165, 1.54) is 6.07 Å².